The molecule has 88 valence electrons. The predicted molar refractivity (Wildman–Crippen MR) is 77.8 cm³/mol. The molecule has 2 rings (SSSR count). The highest BCUT2D eigenvalue weighted by Gasteiger charge is 2.13. The first-order valence-corrected chi connectivity index (χ1v) is 7.19. The normalized spacial score (nSPS) is 16.0. The van der Waals surface area contributed by atoms with Crippen LogP contribution < -0.4 is 0 Å². The van der Waals surface area contributed by atoms with Gasteiger partial charge in [-0.2, -0.15) is 0 Å². The van der Waals surface area contributed by atoms with Crippen molar-refractivity contribution in [3.8, 4) is 0 Å². The maximum atomic E-state index is 2.45. The van der Waals surface area contributed by atoms with Gasteiger partial charge in [0.25, 0.3) is 0 Å². The van der Waals surface area contributed by atoms with Crippen molar-refractivity contribution >= 4 is 22.6 Å². The van der Waals surface area contributed by atoms with Crippen LogP contribution in [0.25, 0.3) is 0 Å². The lowest BCUT2D eigenvalue weighted by molar-refractivity contribution is 0.400. The van der Waals surface area contributed by atoms with E-state index in [0.29, 0.717) is 0 Å². The van der Waals surface area contributed by atoms with Crippen LogP contribution in [0.1, 0.15) is 36.0 Å². The van der Waals surface area contributed by atoms with Gasteiger partial charge in [-0.1, -0.05) is 6.42 Å². The molecule has 0 bridgehead atoms. The minimum atomic E-state index is 1.08. The van der Waals surface area contributed by atoms with Gasteiger partial charge in [0.1, 0.15) is 0 Å². The van der Waals surface area contributed by atoms with Crippen molar-refractivity contribution in [1.29, 1.82) is 0 Å². The van der Waals surface area contributed by atoms with Crippen molar-refractivity contribution in [3.63, 3.8) is 0 Å². The minimum Gasteiger partial charge on any atom is -0.305 e. The van der Waals surface area contributed by atoms with E-state index in [-0.39, 0.29) is 0 Å². The van der Waals surface area contributed by atoms with Gasteiger partial charge in [-0.3, -0.25) is 0 Å². The molecule has 2 heteroatoms. The van der Waals surface area contributed by atoms with E-state index in [9.17, 15) is 0 Å². The number of fused-ring (bicyclic) bond motifs is 1. The molecule has 0 aromatic heterocycles. The lowest BCUT2D eigenvalue weighted by atomic mass is 9.97. The summed E-state index contributed by atoms with van der Waals surface area (Å²) < 4.78 is 1.40. The second-order valence-corrected chi connectivity index (χ2v) is 6.25. The van der Waals surface area contributed by atoms with Crippen LogP contribution in [0.5, 0.6) is 0 Å². The zero-order valence-electron chi connectivity index (χ0n) is 10.2. The number of benzene rings is 1. The van der Waals surface area contributed by atoms with Crippen LogP contribution in [0.15, 0.2) is 12.1 Å². The third-order valence-corrected chi connectivity index (χ3v) is 3.88. The van der Waals surface area contributed by atoms with Crippen LogP contribution in [0.2, 0.25) is 0 Å². The van der Waals surface area contributed by atoms with E-state index >= 15 is 0 Å². The highest BCUT2D eigenvalue weighted by molar-refractivity contribution is 14.1. The first kappa shape index (κ1) is 12.4. The Morgan fingerprint density at radius 3 is 2.62 bits per heavy atom. The van der Waals surface area contributed by atoms with E-state index in [1.807, 2.05) is 0 Å². The third-order valence-electron chi connectivity index (χ3n) is 3.26. The molecule has 1 aromatic rings. The van der Waals surface area contributed by atoms with Crippen LogP contribution in [0.4, 0.5) is 0 Å². The summed E-state index contributed by atoms with van der Waals surface area (Å²) in [6.07, 6.45) is 6.71. The number of rotatable bonds is 2. The molecule has 0 amide bonds. The van der Waals surface area contributed by atoms with Crippen molar-refractivity contribution in [1.82, 2.24) is 4.90 Å². The smallest absolute Gasteiger partial charge is 0.0230 e. The maximum Gasteiger partial charge on any atom is 0.0230 e. The van der Waals surface area contributed by atoms with Gasteiger partial charge in [-0.15, -0.1) is 0 Å². The fraction of sp³-hybridized carbons (Fsp3) is 0.571. The molecule has 16 heavy (non-hydrogen) atoms. The molecule has 0 saturated heterocycles. The topological polar surface area (TPSA) is 3.24 Å². The summed E-state index contributed by atoms with van der Waals surface area (Å²) in [5, 5.41) is 0. The van der Waals surface area contributed by atoms with Gasteiger partial charge < -0.3 is 4.90 Å². The minimum absolute atomic E-state index is 1.08. The van der Waals surface area contributed by atoms with Gasteiger partial charge in [-0.05, 0) is 91.2 Å². The number of hydrogen-bond donors (Lipinski definition) is 0. The molecule has 0 saturated carbocycles. The first-order chi connectivity index (χ1) is 7.66. The van der Waals surface area contributed by atoms with Crippen LogP contribution in [0, 0.1) is 3.57 Å². The van der Waals surface area contributed by atoms with Crippen molar-refractivity contribution in [3.05, 3.63) is 32.4 Å². The van der Waals surface area contributed by atoms with E-state index in [4.69, 9.17) is 0 Å². The zero-order chi connectivity index (χ0) is 11.5. The van der Waals surface area contributed by atoms with E-state index in [1.54, 1.807) is 16.7 Å². The Bertz CT molecular complexity index is 371. The van der Waals surface area contributed by atoms with Gasteiger partial charge in [0.2, 0.25) is 0 Å². The van der Waals surface area contributed by atoms with Crippen molar-refractivity contribution in [2.45, 2.75) is 38.6 Å². The van der Waals surface area contributed by atoms with Gasteiger partial charge in [0, 0.05) is 10.1 Å². The van der Waals surface area contributed by atoms with Crippen molar-refractivity contribution in [2.24, 2.45) is 0 Å². The number of halogens is 1. The SMILES string of the molecule is CN(C)Cc1cc(I)cc2c1CCCCC2. The Labute approximate surface area is 112 Å². The third kappa shape index (κ3) is 2.98. The Balaban J connectivity index is 2.38. The summed E-state index contributed by atoms with van der Waals surface area (Å²) >= 11 is 2.45. The molecule has 0 N–H and O–H groups in total. The number of nitrogens with zero attached hydrogens (tertiary/aromatic N) is 1. The van der Waals surface area contributed by atoms with Gasteiger partial charge in [0.15, 0.2) is 0 Å². The van der Waals surface area contributed by atoms with E-state index in [0.717, 1.165) is 6.54 Å². The second-order valence-electron chi connectivity index (χ2n) is 5.00. The molecule has 0 fully saturated rings. The summed E-state index contributed by atoms with van der Waals surface area (Å²) in [6, 6.07) is 4.76. The highest BCUT2D eigenvalue weighted by Crippen LogP contribution is 2.26. The number of aryl methyl sites for hydroxylation is 1. The first-order valence-electron chi connectivity index (χ1n) is 6.11. The molecule has 1 aliphatic rings. The highest BCUT2D eigenvalue weighted by atomic mass is 127. The average Bonchev–Trinajstić information content (AvgIpc) is 2.41. The second kappa shape index (κ2) is 5.50. The summed E-state index contributed by atoms with van der Waals surface area (Å²) in [6.45, 7) is 1.08. The lowest BCUT2D eigenvalue weighted by Gasteiger charge is -2.17. The van der Waals surface area contributed by atoms with E-state index < -0.39 is 0 Å². The zero-order valence-corrected chi connectivity index (χ0v) is 12.4. The molecule has 0 spiro atoms. The molecule has 0 aliphatic heterocycles. The van der Waals surface area contributed by atoms with Gasteiger partial charge in [-0.25, -0.2) is 0 Å². The molecular formula is C14H20IN. The van der Waals surface area contributed by atoms with Gasteiger partial charge in [0.05, 0.1) is 0 Å². The van der Waals surface area contributed by atoms with Crippen LogP contribution >= 0.6 is 22.6 Å². The summed E-state index contributed by atoms with van der Waals surface area (Å²) in [4.78, 5) is 2.27. The summed E-state index contributed by atoms with van der Waals surface area (Å²) in [7, 11) is 4.31. The average molecular weight is 329 g/mol. The largest absolute Gasteiger partial charge is 0.305 e. The Hall–Kier alpha value is -0.0900. The van der Waals surface area contributed by atoms with Crippen LogP contribution in [0.3, 0.4) is 0 Å². The lowest BCUT2D eigenvalue weighted by Crippen LogP contribution is -2.13. The molecule has 1 nitrogen and oxygen atoms in total. The molecule has 0 unspecified atom stereocenters. The fourth-order valence-corrected chi connectivity index (χ4v) is 3.33. The van der Waals surface area contributed by atoms with Crippen molar-refractivity contribution in [2.75, 3.05) is 14.1 Å². The summed E-state index contributed by atoms with van der Waals surface area (Å²) in [5.41, 5.74) is 4.81. The van der Waals surface area contributed by atoms with E-state index in [1.165, 1.54) is 35.7 Å². The van der Waals surface area contributed by atoms with Gasteiger partial charge >= 0.3 is 0 Å². The molecule has 1 aliphatic carbocycles. The fourth-order valence-electron chi connectivity index (χ4n) is 2.57. The molecule has 1 aromatic carbocycles. The van der Waals surface area contributed by atoms with Crippen LogP contribution in [-0.4, -0.2) is 19.0 Å². The predicted octanol–water partition coefficient (Wildman–Crippen LogP) is 3.62. The Morgan fingerprint density at radius 2 is 1.88 bits per heavy atom. The molecular weight excluding hydrogens is 309 g/mol. The molecule has 0 radical (unpaired) electrons. The standard InChI is InChI=1S/C14H20IN/c1-16(2)10-12-9-13(15)8-11-6-4-3-5-7-14(11)12/h8-9H,3-7,10H2,1-2H3. The molecule has 0 atom stereocenters. The van der Waals surface area contributed by atoms with Crippen molar-refractivity contribution < 1.29 is 0 Å². The Kier molecular flexibility index (Phi) is 4.25. The monoisotopic (exact) mass is 329 g/mol. The van der Waals surface area contributed by atoms with Crippen LogP contribution in [-0.2, 0) is 19.4 Å². The number of hydrogen-bond acceptors (Lipinski definition) is 1. The summed E-state index contributed by atoms with van der Waals surface area (Å²) in [5.74, 6) is 0. The quantitative estimate of drug-likeness (QED) is 0.592. The maximum absolute atomic E-state index is 2.45. The van der Waals surface area contributed by atoms with E-state index in [2.05, 4.69) is 53.7 Å². The molecule has 0 heterocycles. The Morgan fingerprint density at radius 1 is 1.12 bits per heavy atom.